The van der Waals surface area contributed by atoms with E-state index in [2.05, 4.69) is 18.7 Å². The van der Waals surface area contributed by atoms with Crippen molar-refractivity contribution < 1.29 is 4.39 Å². The van der Waals surface area contributed by atoms with Gasteiger partial charge in [-0.05, 0) is 43.4 Å². The van der Waals surface area contributed by atoms with Crippen LogP contribution in [0.3, 0.4) is 0 Å². The maximum Gasteiger partial charge on any atom is 0.146 e. The molecule has 1 aliphatic rings. The molecule has 0 aliphatic carbocycles. The minimum absolute atomic E-state index is 0.144. The largest absolute Gasteiger partial charge is 0.366 e. The van der Waals surface area contributed by atoms with Gasteiger partial charge in [-0.15, -0.1) is 0 Å². The molecule has 0 spiro atoms. The van der Waals surface area contributed by atoms with Crippen molar-refractivity contribution in [3.05, 3.63) is 29.6 Å². The maximum atomic E-state index is 14.0. The SMILES string of the molecule is CC1CCN(c2ccc(CN)cc2F)C(C)C1. The molecule has 2 rings (SSSR count). The van der Waals surface area contributed by atoms with Gasteiger partial charge in [0, 0.05) is 19.1 Å². The predicted molar refractivity (Wildman–Crippen MR) is 69.5 cm³/mol. The van der Waals surface area contributed by atoms with Crippen LogP contribution in [-0.2, 0) is 6.54 Å². The van der Waals surface area contributed by atoms with E-state index in [1.807, 2.05) is 12.1 Å². The lowest BCUT2D eigenvalue weighted by Gasteiger charge is -2.38. The van der Waals surface area contributed by atoms with Gasteiger partial charge in [-0.2, -0.15) is 0 Å². The number of nitrogens with two attached hydrogens (primary N) is 1. The van der Waals surface area contributed by atoms with Crippen molar-refractivity contribution >= 4 is 5.69 Å². The van der Waals surface area contributed by atoms with Crippen LogP contribution in [0.15, 0.2) is 18.2 Å². The summed E-state index contributed by atoms with van der Waals surface area (Å²) in [6.07, 6.45) is 2.28. The lowest BCUT2D eigenvalue weighted by Crippen LogP contribution is -2.40. The lowest BCUT2D eigenvalue weighted by atomic mass is 9.93. The molecule has 94 valence electrons. The molecule has 17 heavy (non-hydrogen) atoms. The Morgan fingerprint density at radius 2 is 2.18 bits per heavy atom. The first-order valence-electron chi connectivity index (χ1n) is 6.37. The molecule has 0 amide bonds. The van der Waals surface area contributed by atoms with Gasteiger partial charge >= 0.3 is 0 Å². The molecule has 1 aromatic rings. The Labute approximate surface area is 103 Å². The van der Waals surface area contributed by atoms with E-state index in [1.54, 1.807) is 6.07 Å². The van der Waals surface area contributed by atoms with E-state index >= 15 is 0 Å². The van der Waals surface area contributed by atoms with Crippen molar-refractivity contribution in [2.45, 2.75) is 39.3 Å². The molecule has 0 saturated carbocycles. The second-order valence-corrected chi connectivity index (χ2v) is 5.16. The molecular formula is C14H21FN2. The Morgan fingerprint density at radius 1 is 1.41 bits per heavy atom. The van der Waals surface area contributed by atoms with Crippen molar-refractivity contribution in [2.75, 3.05) is 11.4 Å². The fourth-order valence-electron chi connectivity index (χ4n) is 2.68. The highest BCUT2D eigenvalue weighted by Crippen LogP contribution is 2.29. The first-order chi connectivity index (χ1) is 8.11. The monoisotopic (exact) mass is 236 g/mol. The van der Waals surface area contributed by atoms with Gasteiger partial charge in [0.05, 0.1) is 5.69 Å². The van der Waals surface area contributed by atoms with Gasteiger partial charge in [0.1, 0.15) is 5.82 Å². The average Bonchev–Trinajstić information content (AvgIpc) is 2.30. The summed E-state index contributed by atoms with van der Waals surface area (Å²) >= 11 is 0. The topological polar surface area (TPSA) is 29.3 Å². The Hall–Kier alpha value is -1.09. The Morgan fingerprint density at radius 3 is 2.76 bits per heavy atom. The molecule has 2 N–H and O–H groups in total. The fourth-order valence-corrected chi connectivity index (χ4v) is 2.68. The Bertz CT molecular complexity index is 392. The average molecular weight is 236 g/mol. The molecule has 0 radical (unpaired) electrons. The molecule has 1 heterocycles. The molecule has 1 aromatic carbocycles. The van der Waals surface area contributed by atoms with Crippen LogP contribution in [0, 0.1) is 11.7 Å². The number of rotatable bonds is 2. The third-order valence-electron chi connectivity index (χ3n) is 3.70. The number of piperidine rings is 1. The molecule has 1 saturated heterocycles. The second kappa shape index (κ2) is 5.05. The van der Waals surface area contributed by atoms with Gasteiger partial charge in [0.2, 0.25) is 0 Å². The summed E-state index contributed by atoms with van der Waals surface area (Å²) in [5, 5.41) is 0. The molecule has 2 unspecified atom stereocenters. The smallest absolute Gasteiger partial charge is 0.146 e. The molecule has 1 fully saturated rings. The first-order valence-corrected chi connectivity index (χ1v) is 6.37. The highest BCUT2D eigenvalue weighted by molar-refractivity contribution is 5.50. The third-order valence-corrected chi connectivity index (χ3v) is 3.70. The highest BCUT2D eigenvalue weighted by atomic mass is 19.1. The molecule has 2 atom stereocenters. The number of nitrogens with zero attached hydrogens (tertiary/aromatic N) is 1. The van der Waals surface area contributed by atoms with Crippen LogP contribution in [0.5, 0.6) is 0 Å². The number of anilines is 1. The van der Waals surface area contributed by atoms with Gasteiger partial charge in [0.15, 0.2) is 0 Å². The zero-order valence-corrected chi connectivity index (χ0v) is 10.6. The van der Waals surface area contributed by atoms with Crippen LogP contribution in [0.25, 0.3) is 0 Å². The molecule has 1 aliphatic heterocycles. The maximum absolute atomic E-state index is 14.0. The fraction of sp³-hybridized carbons (Fsp3) is 0.571. The quantitative estimate of drug-likeness (QED) is 0.855. The summed E-state index contributed by atoms with van der Waals surface area (Å²) in [6, 6.07) is 5.75. The van der Waals surface area contributed by atoms with Crippen molar-refractivity contribution in [3.8, 4) is 0 Å². The van der Waals surface area contributed by atoms with Crippen molar-refractivity contribution in [1.82, 2.24) is 0 Å². The molecular weight excluding hydrogens is 215 g/mol. The van der Waals surface area contributed by atoms with Crippen LogP contribution in [0.4, 0.5) is 10.1 Å². The Balaban J connectivity index is 2.22. The molecule has 3 heteroatoms. The van der Waals surface area contributed by atoms with Crippen molar-refractivity contribution in [3.63, 3.8) is 0 Å². The summed E-state index contributed by atoms with van der Waals surface area (Å²) < 4.78 is 14.0. The highest BCUT2D eigenvalue weighted by Gasteiger charge is 2.24. The van der Waals surface area contributed by atoms with E-state index < -0.39 is 0 Å². The van der Waals surface area contributed by atoms with Crippen LogP contribution in [0.2, 0.25) is 0 Å². The molecule has 0 bridgehead atoms. The summed E-state index contributed by atoms with van der Waals surface area (Å²) in [6.45, 7) is 5.78. The van der Waals surface area contributed by atoms with E-state index in [9.17, 15) is 4.39 Å². The van der Waals surface area contributed by atoms with E-state index in [0.29, 0.717) is 12.6 Å². The number of hydrogen-bond acceptors (Lipinski definition) is 2. The van der Waals surface area contributed by atoms with Crippen LogP contribution >= 0.6 is 0 Å². The summed E-state index contributed by atoms with van der Waals surface area (Å²) in [5.74, 6) is 0.599. The van der Waals surface area contributed by atoms with Crippen LogP contribution < -0.4 is 10.6 Å². The summed E-state index contributed by atoms with van der Waals surface area (Å²) in [4.78, 5) is 2.18. The van der Waals surface area contributed by atoms with E-state index in [1.165, 1.54) is 0 Å². The van der Waals surface area contributed by atoms with E-state index in [4.69, 9.17) is 5.73 Å². The number of hydrogen-bond donors (Lipinski definition) is 1. The van der Waals surface area contributed by atoms with Crippen LogP contribution in [0.1, 0.15) is 32.3 Å². The summed E-state index contributed by atoms with van der Waals surface area (Å²) in [7, 11) is 0. The van der Waals surface area contributed by atoms with Crippen molar-refractivity contribution in [1.29, 1.82) is 0 Å². The van der Waals surface area contributed by atoms with Crippen molar-refractivity contribution in [2.24, 2.45) is 11.7 Å². The third kappa shape index (κ3) is 2.60. The van der Waals surface area contributed by atoms with E-state index in [0.717, 1.165) is 36.6 Å². The molecule has 2 nitrogen and oxygen atoms in total. The second-order valence-electron chi connectivity index (χ2n) is 5.16. The number of benzene rings is 1. The zero-order chi connectivity index (χ0) is 12.4. The Kier molecular flexibility index (Phi) is 3.67. The van der Waals surface area contributed by atoms with Gasteiger partial charge in [-0.1, -0.05) is 13.0 Å². The van der Waals surface area contributed by atoms with Crippen LogP contribution in [-0.4, -0.2) is 12.6 Å². The van der Waals surface area contributed by atoms with Gasteiger partial charge < -0.3 is 10.6 Å². The number of halogens is 1. The lowest BCUT2D eigenvalue weighted by molar-refractivity contribution is 0.374. The standard InChI is InChI=1S/C14H21FN2/c1-10-5-6-17(11(2)7-10)14-4-3-12(9-16)8-13(14)15/h3-4,8,10-11H,5-7,9,16H2,1-2H3. The normalized spacial score (nSPS) is 25.1. The molecule has 0 aromatic heterocycles. The zero-order valence-electron chi connectivity index (χ0n) is 10.6. The predicted octanol–water partition coefficient (Wildman–Crippen LogP) is 2.91. The van der Waals surface area contributed by atoms with Gasteiger partial charge in [-0.3, -0.25) is 0 Å². The summed E-state index contributed by atoms with van der Waals surface area (Å²) in [5.41, 5.74) is 7.09. The van der Waals surface area contributed by atoms with E-state index in [-0.39, 0.29) is 5.82 Å². The first kappa shape index (κ1) is 12.4. The minimum atomic E-state index is -0.144. The van der Waals surface area contributed by atoms with Gasteiger partial charge in [-0.25, -0.2) is 4.39 Å². The van der Waals surface area contributed by atoms with Gasteiger partial charge in [0.25, 0.3) is 0 Å². The minimum Gasteiger partial charge on any atom is -0.366 e.